The Kier molecular flexibility index (Phi) is 5.56. The quantitative estimate of drug-likeness (QED) is 0.657. The van der Waals surface area contributed by atoms with Crippen LogP contribution in [0.1, 0.15) is 24.6 Å². The second-order valence-corrected chi connectivity index (χ2v) is 6.69. The summed E-state index contributed by atoms with van der Waals surface area (Å²) >= 11 is 1.57. The summed E-state index contributed by atoms with van der Waals surface area (Å²) in [6, 6.07) is 13.8. The number of carbonyl (C=O) groups is 1. The van der Waals surface area contributed by atoms with Crippen molar-refractivity contribution in [1.29, 1.82) is 0 Å². The molecule has 128 valence electrons. The minimum absolute atomic E-state index is 0.125. The fourth-order valence-electron chi connectivity index (χ4n) is 2.70. The molecule has 2 heterocycles. The van der Waals surface area contributed by atoms with Crippen LogP contribution in [0.2, 0.25) is 0 Å². The SMILES string of the molecule is CCN(C(=O)CCc1csc(-c2ccccn2)n1)c1cccc(C)c1. The first-order chi connectivity index (χ1) is 12.2. The van der Waals surface area contributed by atoms with Crippen molar-refractivity contribution >= 4 is 22.9 Å². The van der Waals surface area contributed by atoms with E-state index < -0.39 is 0 Å². The summed E-state index contributed by atoms with van der Waals surface area (Å²) in [5.74, 6) is 0.125. The number of pyridine rings is 1. The van der Waals surface area contributed by atoms with Gasteiger partial charge >= 0.3 is 0 Å². The molecule has 5 heteroatoms. The molecule has 0 bridgehead atoms. The van der Waals surface area contributed by atoms with Gasteiger partial charge in [-0.15, -0.1) is 11.3 Å². The van der Waals surface area contributed by atoms with Gasteiger partial charge in [0.2, 0.25) is 5.91 Å². The first-order valence-electron chi connectivity index (χ1n) is 8.40. The van der Waals surface area contributed by atoms with Crippen molar-refractivity contribution in [2.45, 2.75) is 26.7 Å². The van der Waals surface area contributed by atoms with E-state index in [0.29, 0.717) is 19.4 Å². The van der Waals surface area contributed by atoms with Crippen LogP contribution in [0.15, 0.2) is 54.0 Å². The standard InChI is InChI=1S/C20H21N3OS/c1-3-23(17-8-6-7-15(2)13-17)19(24)11-10-16-14-25-20(22-16)18-9-4-5-12-21-18/h4-9,12-14H,3,10-11H2,1-2H3. The number of amides is 1. The van der Waals surface area contributed by atoms with Gasteiger partial charge in [-0.3, -0.25) is 9.78 Å². The van der Waals surface area contributed by atoms with Crippen LogP contribution < -0.4 is 4.90 Å². The van der Waals surface area contributed by atoms with E-state index in [0.717, 1.165) is 27.6 Å². The highest BCUT2D eigenvalue weighted by Gasteiger charge is 2.15. The Morgan fingerprint density at radius 2 is 2.08 bits per heavy atom. The van der Waals surface area contributed by atoms with Crippen molar-refractivity contribution < 1.29 is 4.79 Å². The second kappa shape index (κ2) is 8.03. The molecule has 0 atom stereocenters. The lowest BCUT2D eigenvalue weighted by Crippen LogP contribution is -2.30. The Morgan fingerprint density at radius 1 is 1.20 bits per heavy atom. The van der Waals surface area contributed by atoms with E-state index in [1.165, 1.54) is 0 Å². The lowest BCUT2D eigenvalue weighted by molar-refractivity contribution is -0.118. The lowest BCUT2D eigenvalue weighted by atomic mass is 10.2. The van der Waals surface area contributed by atoms with Gasteiger partial charge in [-0.25, -0.2) is 4.98 Å². The van der Waals surface area contributed by atoms with E-state index >= 15 is 0 Å². The molecule has 0 radical (unpaired) electrons. The van der Waals surface area contributed by atoms with Gasteiger partial charge < -0.3 is 4.90 Å². The van der Waals surface area contributed by atoms with E-state index in [1.54, 1.807) is 17.5 Å². The third kappa shape index (κ3) is 4.31. The molecule has 0 N–H and O–H groups in total. The largest absolute Gasteiger partial charge is 0.313 e. The molecule has 0 saturated carbocycles. The van der Waals surface area contributed by atoms with Gasteiger partial charge in [-0.05, 0) is 50.1 Å². The summed E-state index contributed by atoms with van der Waals surface area (Å²) in [7, 11) is 0. The number of aromatic nitrogens is 2. The van der Waals surface area contributed by atoms with Gasteiger partial charge in [0.15, 0.2) is 0 Å². The van der Waals surface area contributed by atoms with Crippen LogP contribution in [-0.4, -0.2) is 22.4 Å². The fraction of sp³-hybridized carbons (Fsp3) is 0.250. The zero-order valence-electron chi connectivity index (χ0n) is 14.5. The monoisotopic (exact) mass is 351 g/mol. The van der Waals surface area contributed by atoms with Crippen LogP contribution in [0.5, 0.6) is 0 Å². The van der Waals surface area contributed by atoms with Gasteiger partial charge in [0.05, 0.1) is 11.4 Å². The molecule has 25 heavy (non-hydrogen) atoms. The summed E-state index contributed by atoms with van der Waals surface area (Å²) < 4.78 is 0. The van der Waals surface area contributed by atoms with Gasteiger partial charge in [0, 0.05) is 30.2 Å². The number of nitrogens with zero attached hydrogens (tertiary/aromatic N) is 3. The molecule has 3 rings (SSSR count). The molecule has 1 aromatic carbocycles. The maximum atomic E-state index is 12.6. The van der Waals surface area contributed by atoms with Crippen molar-refractivity contribution in [1.82, 2.24) is 9.97 Å². The van der Waals surface area contributed by atoms with E-state index in [4.69, 9.17) is 0 Å². The van der Waals surface area contributed by atoms with E-state index in [2.05, 4.69) is 9.97 Å². The summed E-state index contributed by atoms with van der Waals surface area (Å²) in [5, 5.41) is 2.91. The van der Waals surface area contributed by atoms with Crippen LogP contribution >= 0.6 is 11.3 Å². The number of hydrogen-bond acceptors (Lipinski definition) is 4. The number of carbonyl (C=O) groups excluding carboxylic acids is 1. The molecule has 0 saturated heterocycles. The summed E-state index contributed by atoms with van der Waals surface area (Å²) in [6.45, 7) is 4.71. The Morgan fingerprint density at radius 3 is 2.80 bits per heavy atom. The van der Waals surface area contributed by atoms with Crippen molar-refractivity contribution in [2.24, 2.45) is 0 Å². The van der Waals surface area contributed by atoms with Crippen LogP contribution in [0, 0.1) is 6.92 Å². The number of rotatable bonds is 6. The molecular weight excluding hydrogens is 330 g/mol. The van der Waals surface area contributed by atoms with Gasteiger partial charge in [0.1, 0.15) is 5.01 Å². The predicted molar refractivity (Wildman–Crippen MR) is 103 cm³/mol. The van der Waals surface area contributed by atoms with Crippen molar-refractivity contribution in [3.8, 4) is 10.7 Å². The molecule has 0 aliphatic carbocycles. The summed E-state index contributed by atoms with van der Waals surface area (Å²) in [4.78, 5) is 23.4. The number of hydrogen-bond donors (Lipinski definition) is 0. The van der Waals surface area contributed by atoms with Crippen molar-refractivity contribution in [3.63, 3.8) is 0 Å². The number of thiazole rings is 1. The number of aryl methyl sites for hydroxylation is 2. The van der Waals surface area contributed by atoms with Crippen LogP contribution in [0.4, 0.5) is 5.69 Å². The maximum absolute atomic E-state index is 12.6. The van der Waals surface area contributed by atoms with Gasteiger partial charge in [-0.1, -0.05) is 18.2 Å². The second-order valence-electron chi connectivity index (χ2n) is 5.84. The Bertz CT molecular complexity index is 845. The summed E-state index contributed by atoms with van der Waals surface area (Å²) in [5.41, 5.74) is 3.93. The Hall–Kier alpha value is -2.53. The third-order valence-corrected chi connectivity index (χ3v) is 4.87. The van der Waals surface area contributed by atoms with Gasteiger partial charge in [-0.2, -0.15) is 0 Å². The van der Waals surface area contributed by atoms with E-state index in [-0.39, 0.29) is 5.91 Å². The predicted octanol–water partition coefficient (Wildman–Crippen LogP) is 4.50. The molecule has 3 aromatic rings. The van der Waals surface area contributed by atoms with E-state index in [9.17, 15) is 4.79 Å². The highest BCUT2D eigenvalue weighted by atomic mass is 32.1. The molecule has 0 unspecified atom stereocenters. The topological polar surface area (TPSA) is 46.1 Å². The molecule has 4 nitrogen and oxygen atoms in total. The van der Waals surface area contributed by atoms with Crippen LogP contribution in [0.3, 0.4) is 0 Å². The fourth-order valence-corrected chi connectivity index (χ4v) is 3.53. The number of benzene rings is 1. The van der Waals surface area contributed by atoms with Crippen molar-refractivity contribution in [3.05, 3.63) is 65.3 Å². The Balaban J connectivity index is 1.65. The zero-order valence-corrected chi connectivity index (χ0v) is 15.3. The summed E-state index contributed by atoms with van der Waals surface area (Å²) in [6.07, 6.45) is 2.86. The molecular formula is C20H21N3OS. The molecule has 2 aromatic heterocycles. The Labute approximate surface area is 152 Å². The van der Waals surface area contributed by atoms with E-state index in [1.807, 2.05) is 66.6 Å². The lowest BCUT2D eigenvalue weighted by Gasteiger charge is -2.21. The molecule has 0 spiro atoms. The molecule has 0 aliphatic rings. The normalized spacial score (nSPS) is 10.6. The van der Waals surface area contributed by atoms with Crippen LogP contribution in [-0.2, 0) is 11.2 Å². The first kappa shape index (κ1) is 17.3. The van der Waals surface area contributed by atoms with Gasteiger partial charge in [0.25, 0.3) is 0 Å². The minimum atomic E-state index is 0.125. The zero-order chi connectivity index (χ0) is 17.6. The average Bonchev–Trinajstić information content (AvgIpc) is 3.10. The smallest absolute Gasteiger partial charge is 0.227 e. The number of anilines is 1. The first-order valence-corrected chi connectivity index (χ1v) is 9.28. The molecule has 0 aliphatic heterocycles. The molecule has 0 fully saturated rings. The average molecular weight is 351 g/mol. The highest BCUT2D eigenvalue weighted by Crippen LogP contribution is 2.22. The highest BCUT2D eigenvalue weighted by molar-refractivity contribution is 7.13. The molecule has 1 amide bonds. The van der Waals surface area contributed by atoms with Crippen LogP contribution in [0.25, 0.3) is 10.7 Å². The minimum Gasteiger partial charge on any atom is -0.313 e. The van der Waals surface area contributed by atoms with Crippen molar-refractivity contribution in [2.75, 3.05) is 11.4 Å². The maximum Gasteiger partial charge on any atom is 0.227 e. The third-order valence-electron chi connectivity index (χ3n) is 3.96.